The molecule has 0 aromatic heterocycles. The number of cyclic esters (lactones) is 1. The molecule has 2 nitrogen and oxygen atoms in total. The number of hydrogen-bond acceptors (Lipinski definition) is 2. The highest BCUT2D eigenvalue weighted by atomic mass is 16.6. The molecule has 3 atom stereocenters. The summed E-state index contributed by atoms with van der Waals surface area (Å²) in [6.45, 7) is 1.97. The summed E-state index contributed by atoms with van der Waals surface area (Å²) in [5, 5.41) is 0. The Morgan fingerprint density at radius 1 is 1.75 bits per heavy atom. The number of ether oxygens (including phenoxy) is 1. The molecule has 2 heteroatoms. The van der Waals surface area contributed by atoms with Gasteiger partial charge in [0.1, 0.15) is 6.10 Å². The van der Waals surface area contributed by atoms with Crippen LogP contribution in [0.25, 0.3) is 0 Å². The number of carbonyl (C=O) groups excluding carboxylic acids is 1. The van der Waals surface area contributed by atoms with E-state index in [2.05, 4.69) is 0 Å². The van der Waals surface area contributed by atoms with E-state index in [9.17, 15) is 4.79 Å². The van der Waals surface area contributed by atoms with Crippen molar-refractivity contribution in [2.75, 3.05) is 0 Å². The summed E-state index contributed by atoms with van der Waals surface area (Å²) in [4.78, 5) is 10.6. The van der Waals surface area contributed by atoms with Gasteiger partial charge >= 0.3 is 5.97 Å². The smallest absolute Gasteiger partial charge is 0.309 e. The Hall–Kier alpha value is -0.530. The van der Waals surface area contributed by atoms with E-state index in [4.69, 9.17) is 4.74 Å². The Morgan fingerprint density at radius 2 is 2.50 bits per heavy atom. The Kier molecular flexibility index (Phi) is 0.581. The number of carbonyl (C=O) groups is 1. The maximum atomic E-state index is 10.6. The van der Waals surface area contributed by atoms with E-state index in [-0.39, 0.29) is 12.1 Å². The van der Waals surface area contributed by atoms with Crippen molar-refractivity contribution in [3.63, 3.8) is 0 Å². The zero-order chi connectivity index (χ0) is 5.72. The van der Waals surface area contributed by atoms with Gasteiger partial charge in [0.15, 0.2) is 0 Å². The van der Waals surface area contributed by atoms with Crippen molar-refractivity contribution in [1.82, 2.24) is 0 Å². The van der Waals surface area contributed by atoms with Gasteiger partial charge in [0, 0.05) is 5.92 Å². The van der Waals surface area contributed by atoms with Gasteiger partial charge in [0.2, 0.25) is 0 Å². The van der Waals surface area contributed by atoms with Crippen LogP contribution in [0.1, 0.15) is 13.3 Å². The fraction of sp³-hybridized carbons (Fsp3) is 0.833. The first kappa shape index (κ1) is 4.36. The molecule has 0 aromatic rings. The first-order valence-electron chi connectivity index (χ1n) is 2.99. The first-order valence-corrected chi connectivity index (χ1v) is 2.99. The number of hydrogen-bond donors (Lipinski definition) is 0. The van der Waals surface area contributed by atoms with Crippen LogP contribution in [0, 0.1) is 11.8 Å². The SMILES string of the molecule is CC1OC(=O)[C@H]2C[C@@H]12. The third kappa shape index (κ3) is 0.358. The van der Waals surface area contributed by atoms with Gasteiger partial charge in [-0.05, 0) is 13.3 Å². The van der Waals surface area contributed by atoms with Crippen molar-refractivity contribution in [3.05, 3.63) is 0 Å². The van der Waals surface area contributed by atoms with E-state index in [1.165, 1.54) is 0 Å². The quantitative estimate of drug-likeness (QED) is 0.428. The lowest BCUT2D eigenvalue weighted by molar-refractivity contribution is -0.144. The standard InChI is InChI=1S/C6H8O2/c1-3-4-2-5(4)6(7)8-3/h3-5H,2H2,1H3/t3?,4-,5-/m0/s1. The van der Waals surface area contributed by atoms with Crippen molar-refractivity contribution in [2.24, 2.45) is 11.8 Å². The minimum atomic E-state index is 0.0301. The maximum absolute atomic E-state index is 10.6. The maximum Gasteiger partial charge on any atom is 0.309 e. The van der Waals surface area contributed by atoms with Crippen LogP contribution >= 0.6 is 0 Å². The predicted octanol–water partition coefficient (Wildman–Crippen LogP) is 0.568. The zero-order valence-electron chi connectivity index (χ0n) is 4.76. The molecule has 2 fully saturated rings. The lowest BCUT2D eigenvalue weighted by atomic mass is 10.2. The number of rotatable bonds is 0. The summed E-state index contributed by atoms with van der Waals surface area (Å²) >= 11 is 0. The van der Waals surface area contributed by atoms with E-state index in [1.807, 2.05) is 6.92 Å². The minimum Gasteiger partial charge on any atom is -0.462 e. The summed E-state index contributed by atoms with van der Waals surface area (Å²) in [7, 11) is 0. The molecule has 1 saturated heterocycles. The fourth-order valence-electron chi connectivity index (χ4n) is 1.36. The Labute approximate surface area is 47.8 Å². The molecule has 1 aliphatic carbocycles. The van der Waals surface area contributed by atoms with Crippen molar-refractivity contribution in [3.8, 4) is 0 Å². The molecule has 1 saturated carbocycles. The summed E-state index contributed by atoms with van der Waals surface area (Å²) in [6.07, 6.45) is 1.30. The molecule has 0 bridgehead atoms. The molecule has 0 N–H and O–H groups in total. The van der Waals surface area contributed by atoms with Crippen molar-refractivity contribution in [1.29, 1.82) is 0 Å². The Balaban J connectivity index is 2.19. The minimum absolute atomic E-state index is 0.0301. The highest BCUT2D eigenvalue weighted by Crippen LogP contribution is 2.48. The van der Waals surface area contributed by atoms with E-state index in [1.54, 1.807) is 0 Å². The normalized spacial score (nSPS) is 50.6. The van der Waals surface area contributed by atoms with Crippen LogP contribution in [0.4, 0.5) is 0 Å². The van der Waals surface area contributed by atoms with Crippen molar-refractivity contribution < 1.29 is 9.53 Å². The third-order valence-electron chi connectivity index (χ3n) is 2.05. The highest BCUT2D eigenvalue weighted by Gasteiger charge is 2.54. The van der Waals surface area contributed by atoms with Crippen LogP contribution in [0.15, 0.2) is 0 Å². The van der Waals surface area contributed by atoms with Gasteiger partial charge in [-0.2, -0.15) is 0 Å². The molecule has 1 unspecified atom stereocenters. The molecular formula is C6H8O2. The van der Waals surface area contributed by atoms with Crippen LogP contribution < -0.4 is 0 Å². The second kappa shape index (κ2) is 1.07. The van der Waals surface area contributed by atoms with Crippen molar-refractivity contribution >= 4 is 5.97 Å². The largest absolute Gasteiger partial charge is 0.462 e. The molecule has 44 valence electrons. The second-order valence-electron chi connectivity index (χ2n) is 2.65. The lowest BCUT2D eigenvalue weighted by Crippen LogP contribution is -2.07. The van der Waals surface area contributed by atoms with Gasteiger partial charge in [-0.3, -0.25) is 4.79 Å². The van der Waals surface area contributed by atoms with Gasteiger partial charge < -0.3 is 4.74 Å². The number of esters is 1. The molecule has 1 aliphatic heterocycles. The van der Waals surface area contributed by atoms with Crippen LogP contribution in [0.5, 0.6) is 0 Å². The zero-order valence-corrected chi connectivity index (χ0v) is 4.76. The summed E-state index contributed by atoms with van der Waals surface area (Å²) in [5.41, 5.74) is 0. The van der Waals surface area contributed by atoms with Crippen LogP contribution in [0.3, 0.4) is 0 Å². The summed E-state index contributed by atoms with van der Waals surface area (Å²) in [5.74, 6) is 0.912. The fourth-order valence-corrected chi connectivity index (χ4v) is 1.36. The lowest BCUT2D eigenvalue weighted by Gasteiger charge is -2.02. The van der Waals surface area contributed by atoms with Gasteiger partial charge in [-0.25, -0.2) is 0 Å². The molecular weight excluding hydrogens is 104 g/mol. The first-order chi connectivity index (χ1) is 3.79. The number of fused-ring (bicyclic) bond motifs is 1. The van der Waals surface area contributed by atoms with Gasteiger partial charge in [-0.15, -0.1) is 0 Å². The molecule has 8 heavy (non-hydrogen) atoms. The predicted molar refractivity (Wildman–Crippen MR) is 27.2 cm³/mol. The van der Waals surface area contributed by atoms with E-state index in [0.29, 0.717) is 11.8 Å². The van der Waals surface area contributed by atoms with Gasteiger partial charge in [0.05, 0.1) is 5.92 Å². The summed E-state index contributed by atoms with van der Waals surface area (Å²) < 4.78 is 4.88. The van der Waals surface area contributed by atoms with Crippen molar-refractivity contribution in [2.45, 2.75) is 19.4 Å². The van der Waals surface area contributed by atoms with E-state index >= 15 is 0 Å². The van der Waals surface area contributed by atoms with Crippen LogP contribution in [0.2, 0.25) is 0 Å². The Morgan fingerprint density at radius 3 is 2.62 bits per heavy atom. The molecule has 1 heterocycles. The molecule has 0 radical (unpaired) electrons. The van der Waals surface area contributed by atoms with E-state index < -0.39 is 0 Å². The highest BCUT2D eigenvalue weighted by molar-refractivity contribution is 5.78. The molecule has 2 aliphatic rings. The van der Waals surface area contributed by atoms with Gasteiger partial charge in [0.25, 0.3) is 0 Å². The average molecular weight is 112 g/mol. The molecule has 0 aromatic carbocycles. The monoisotopic (exact) mass is 112 g/mol. The van der Waals surface area contributed by atoms with Crippen LogP contribution in [-0.2, 0) is 9.53 Å². The Bertz CT molecular complexity index is 141. The topological polar surface area (TPSA) is 26.3 Å². The molecule has 0 amide bonds. The summed E-state index contributed by atoms with van der Waals surface area (Å²) in [6, 6.07) is 0. The van der Waals surface area contributed by atoms with Crippen LogP contribution in [-0.4, -0.2) is 12.1 Å². The average Bonchev–Trinajstić information content (AvgIpc) is 2.35. The third-order valence-corrected chi connectivity index (χ3v) is 2.05. The second-order valence-corrected chi connectivity index (χ2v) is 2.65. The van der Waals surface area contributed by atoms with E-state index in [0.717, 1.165) is 6.42 Å². The van der Waals surface area contributed by atoms with Gasteiger partial charge in [-0.1, -0.05) is 0 Å². The molecule has 2 rings (SSSR count). The molecule has 0 spiro atoms.